The summed E-state index contributed by atoms with van der Waals surface area (Å²) in [5, 5.41) is 2.26. The molecule has 0 saturated carbocycles. The van der Waals surface area contributed by atoms with E-state index in [2.05, 4.69) is 176 Å². The third-order valence-electron chi connectivity index (χ3n) is 10.8. The van der Waals surface area contributed by atoms with E-state index in [-0.39, 0.29) is 5.41 Å². The van der Waals surface area contributed by atoms with E-state index in [4.69, 9.17) is 4.42 Å². The average molecular weight is 648 g/mol. The number of fused-ring (bicyclic) bond motifs is 7. The Labute approximate surface area is 290 Å². The van der Waals surface area contributed by atoms with Crippen LogP contribution in [0.1, 0.15) is 47.2 Å². The molecule has 0 amide bonds. The summed E-state index contributed by atoms with van der Waals surface area (Å²) in [5.74, 6) is 0. The number of nitrogens with zero attached hydrogens (tertiary/aromatic N) is 1. The van der Waals surface area contributed by atoms with E-state index in [1.165, 1.54) is 54.5 Å². The van der Waals surface area contributed by atoms with Crippen LogP contribution in [0.2, 0.25) is 0 Å². The lowest BCUT2D eigenvalue weighted by molar-refractivity contribution is 0.625. The minimum Gasteiger partial charge on any atom is -0.456 e. The largest absolute Gasteiger partial charge is 0.456 e. The Morgan fingerprint density at radius 2 is 1.06 bits per heavy atom. The summed E-state index contributed by atoms with van der Waals surface area (Å²) in [7, 11) is 0. The Hall–Kier alpha value is -5.51. The Bertz CT molecular complexity index is 2530. The average Bonchev–Trinajstić information content (AvgIpc) is 3.54. The number of hydrogen-bond donors (Lipinski definition) is 0. The van der Waals surface area contributed by atoms with Crippen molar-refractivity contribution >= 4 is 50.8 Å². The standard InChI is InChI=1S/C46H33NOS/c1-45(2)33-18-7-10-21-37(33)47(39-22-14-24-41-44(39)32-17-6-11-23-40(32)48-41)38-28-27-31(29-36(38)45)46(30-15-4-3-5-16-30)34-19-8-12-25-42(34)49-43-26-13-9-20-35(43)46/h3-29H,1-2H3. The van der Waals surface area contributed by atoms with Crippen molar-refractivity contribution in [1.29, 1.82) is 0 Å². The Morgan fingerprint density at radius 1 is 0.469 bits per heavy atom. The van der Waals surface area contributed by atoms with Crippen LogP contribution in [0.25, 0.3) is 21.9 Å². The molecule has 10 rings (SSSR count). The quantitative estimate of drug-likeness (QED) is 0.190. The maximum atomic E-state index is 6.40. The van der Waals surface area contributed by atoms with Crippen LogP contribution >= 0.6 is 11.8 Å². The number of anilines is 3. The number of hydrogen-bond acceptors (Lipinski definition) is 3. The van der Waals surface area contributed by atoms with Gasteiger partial charge in [-0.15, -0.1) is 0 Å². The highest BCUT2D eigenvalue weighted by molar-refractivity contribution is 7.99. The van der Waals surface area contributed by atoms with Crippen molar-refractivity contribution in [3.05, 3.63) is 197 Å². The van der Waals surface area contributed by atoms with E-state index < -0.39 is 5.41 Å². The summed E-state index contributed by atoms with van der Waals surface area (Å²) >= 11 is 1.88. The van der Waals surface area contributed by atoms with Crippen LogP contribution < -0.4 is 4.90 Å². The number of para-hydroxylation sites is 2. The van der Waals surface area contributed by atoms with Gasteiger partial charge in [-0.3, -0.25) is 0 Å². The molecule has 0 fully saturated rings. The van der Waals surface area contributed by atoms with Crippen molar-refractivity contribution in [3.8, 4) is 0 Å². The predicted octanol–water partition coefficient (Wildman–Crippen LogP) is 12.5. The molecule has 2 aliphatic heterocycles. The third kappa shape index (κ3) is 3.91. The first-order chi connectivity index (χ1) is 24.1. The first-order valence-electron chi connectivity index (χ1n) is 16.9. The molecule has 49 heavy (non-hydrogen) atoms. The monoisotopic (exact) mass is 647 g/mol. The number of benzene rings is 7. The van der Waals surface area contributed by atoms with Gasteiger partial charge in [0.2, 0.25) is 0 Å². The first kappa shape index (κ1) is 28.5. The van der Waals surface area contributed by atoms with Crippen molar-refractivity contribution in [3.63, 3.8) is 0 Å². The first-order valence-corrected chi connectivity index (χ1v) is 17.8. The molecule has 0 radical (unpaired) electrons. The van der Waals surface area contributed by atoms with Gasteiger partial charge in [0.15, 0.2) is 0 Å². The van der Waals surface area contributed by atoms with Gasteiger partial charge in [0.1, 0.15) is 11.2 Å². The van der Waals surface area contributed by atoms with Gasteiger partial charge in [0.05, 0.1) is 27.9 Å². The van der Waals surface area contributed by atoms with Crippen LogP contribution in [-0.2, 0) is 10.8 Å². The molecule has 0 spiro atoms. The van der Waals surface area contributed by atoms with Crippen LogP contribution in [0.3, 0.4) is 0 Å². The number of furan rings is 1. The second kappa shape index (κ2) is 10.5. The summed E-state index contributed by atoms with van der Waals surface area (Å²) in [4.78, 5) is 5.07. The Kier molecular flexibility index (Phi) is 6.10. The molecule has 1 aromatic heterocycles. The molecule has 0 bridgehead atoms. The second-order valence-electron chi connectivity index (χ2n) is 13.7. The van der Waals surface area contributed by atoms with Gasteiger partial charge in [-0.1, -0.05) is 147 Å². The minimum atomic E-state index is -0.493. The van der Waals surface area contributed by atoms with Crippen LogP contribution in [0.5, 0.6) is 0 Å². The Morgan fingerprint density at radius 3 is 1.84 bits per heavy atom. The highest BCUT2D eigenvalue weighted by Crippen LogP contribution is 2.59. The zero-order chi connectivity index (χ0) is 32.7. The van der Waals surface area contributed by atoms with Crippen LogP contribution in [0.15, 0.2) is 178 Å². The summed E-state index contributed by atoms with van der Waals surface area (Å²) in [5.41, 5.74) is 12.4. The normalized spacial score (nSPS) is 15.3. The zero-order valence-electron chi connectivity index (χ0n) is 27.4. The molecule has 0 unspecified atom stereocenters. The fraction of sp³-hybridized carbons (Fsp3) is 0.0870. The molecule has 3 heterocycles. The van der Waals surface area contributed by atoms with Gasteiger partial charge >= 0.3 is 0 Å². The molecule has 7 aromatic carbocycles. The van der Waals surface area contributed by atoms with Gasteiger partial charge in [0, 0.05) is 20.6 Å². The summed E-state index contributed by atoms with van der Waals surface area (Å²) in [6, 6.07) is 60.1. The second-order valence-corrected chi connectivity index (χ2v) is 14.8. The maximum absolute atomic E-state index is 6.40. The van der Waals surface area contributed by atoms with Gasteiger partial charge < -0.3 is 9.32 Å². The molecular weight excluding hydrogens is 615 g/mol. The van der Waals surface area contributed by atoms with Crippen LogP contribution in [0, 0.1) is 0 Å². The number of rotatable bonds is 3. The van der Waals surface area contributed by atoms with Crippen molar-refractivity contribution in [1.82, 2.24) is 0 Å². The van der Waals surface area contributed by atoms with Crippen molar-refractivity contribution in [2.24, 2.45) is 0 Å². The predicted molar refractivity (Wildman–Crippen MR) is 203 cm³/mol. The zero-order valence-corrected chi connectivity index (χ0v) is 28.2. The molecule has 0 saturated heterocycles. The van der Waals surface area contributed by atoms with Gasteiger partial charge in [-0.25, -0.2) is 0 Å². The van der Waals surface area contributed by atoms with Gasteiger partial charge in [-0.2, -0.15) is 0 Å². The molecule has 2 nitrogen and oxygen atoms in total. The highest BCUT2D eigenvalue weighted by atomic mass is 32.2. The fourth-order valence-corrected chi connectivity index (χ4v) is 9.80. The smallest absolute Gasteiger partial charge is 0.137 e. The molecule has 0 aliphatic carbocycles. The lowest BCUT2D eigenvalue weighted by Crippen LogP contribution is -2.36. The third-order valence-corrected chi connectivity index (χ3v) is 11.9. The molecule has 234 valence electrons. The van der Waals surface area contributed by atoms with Crippen molar-refractivity contribution in [2.45, 2.75) is 34.5 Å². The van der Waals surface area contributed by atoms with Crippen molar-refractivity contribution < 1.29 is 4.42 Å². The molecule has 0 atom stereocenters. The topological polar surface area (TPSA) is 16.4 Å². The van der Waals surface area contributed by atoms with E-state index in [0.29, 0.717) is 0 Å². The summed E-state index contributed by atoms with van der Waals surface area (Å²) in [6.07, 6.45) is 0. The van der Waals surface area contributed by atoms with E-state index in [1.54, 1.807) is 0 Å². The lowest BCUT2D eigenvalue weighted by atomic mass is 9.63. The summed E-state index contributed by atoms with van der Waals surface area (Å²) < 4.78 is 6.40. The molecule has 8 aromatic rings. The minimum absolute atomic E-state index is 0.259. The van der Waals surface area contributed by atoms with Gasteiger partial charge in [-0.05, 0) is 75.8 Å². The Balaban J connectivity index is 1.30. The SMILES string of the molecule is CC1(C)c2ccccc2N(c2cccc3oc4ccccc4c23)c2ccc(C3(c4ccccc4)c4ccccc4Sc4ccccc43)cc21. The fourth-order valence-electron chi connectivity index (χ4n) is 8.61. The van der Waals surface area contributed by atoms with Crippen LogP contribution in [0.4, 0.5) is 17.1 Å². The van der Waals surface area contributed by atoms with Gasteiger partial charge in [0.25, 0.3) is 0 Å². The lowest BCUT2D eigenvalue weighted by Gasteiger charge is -2.45. The van der Waals surface area contributed by atoms with Crippen LogP contribution in [-0.4, -0.2) is 0 Å². The molecule has 0 N–H and O–H groups in total. The molecular formula is C46H33NOS. The summed E-state index contributed by atoms with van der Waals surface area (Å²) in [6.45, 7) is 4.76. The maximum Gasteiger partial charge on any atom is 0.137 e. The van der Waals surface area contributed by atoms with E-state index in [9.17, 15) is 0 Å². The molecule has 3 heteroatoms. The van der Waals surface area contributed by atoms with Crippen molar-refractivity contribution in [2.75, 3.05) is 4.90 Å². The highest BCUT2D eigenvalue weighted by Gasteiger charge is 2.46. The van der Waals surface area contributed by atoms with E-state index in [1.807, 2.05) is 17.8 Å². The van der Waals surface area contributed by atoms with E-state index >= 15 is 0 Å². The molecule has 2 aliphatic rings. The van der Waals surface area contributed by atoms with E-state index in [0.717, 1.165) is 27.6 Å².